The predicted molar refractivity (Wildman–Crippen MR) is 41.2 cm³/mol. The van der Waals surface area contributed by atoms with E-state index in [9.17, 15) is 0 Å². The van der Waals surface area contributed by atoms with E-state index in [1.165, 1.54) is 0 Å². The zero-order valence-corrected chi connectivity index (χ0v) is 5.39. The Labute approximate surface area is 58.6 Å². The SMILES string of the molecule is [2H]C(C)=C([2H])c1ccccc1. The van der Waals surface area contributed by atoms with Gasteiger partial charge in [-0.15, -0.1) is 0 Å². The van der Waals surface area contributed by atoms with E-state index in [4.69, 9.17) is 2.74 Å². The Morgan fingerprint density at radius 2 is 2.00 bits per heavy atom. The molecule has 0 amide bonds. The van der Waals surface area contributed by atoms with Gasteiger partial charge in [-0.1, -0.05) is 42.4 Å². The number of benzene rings is 1. The Hall–Kier alpha value is -1.04. The first-order valence-corrected chi connectivity index (χ1v) is 2.91. The topological polar surface area (TPSA) is 0 Å². The van der Waals surface area contributed by atoms with Crippen molar-refractivity contribution in [3.05, 3.63) is 41.9 Å². The molecule has 0 nitrogen and oxygen atoms in total. The summed E-state index contributed by atoms with van der Waals surface area (Å²) in [5, 5.41) is 0. The van der Waals surface area contributed by atoms with Crippen LogP contribution in [0.5, 0.6) is 0 Å². The summed E-state index contributed by atoms with van der Waals surface area (Å²) in [6.07, 6.45) is 0. The molecule has 0 aromatic heterocycles. The standard InChI is InChI=1S/C9H10/c1-2-6-9-7-4-3-5-8-9/h2-8H,1H3/i2D,6D. The first-order chi connectivity index (χ1) is 5.22. The molecule has 0 N–H and O–H groups in total. The average molecular weight is 120 g/mol. The van der Waals surface area contributed by atoms with E-state index in [1.54, 1.807) is 6.92 Å². The predicted octanol–water partition coefficient (Wildman–Crippen LogP) is 2.72. The van der Waals surface area contributed by atoms with Gasteiger partial charge in [-0.2, -0.15) is 0 Å². The third-order valence-electron chi connectivity index (χ3n) is 1.04. The maximum Gasteiger partial charge on any atom is 0.0626 e. The summed E-state index contributed by atoms with van der Waals surface area (Å²) in [6, 6.07) is 9.90. The molecule has 0 aliphatic heterocycles. The lowest BCUT2D eigenvalue weighted by atomic mass is 10.2. The Morgan fingerprint density at radius 1 is 1.33 bits per heavy atom. The van der Waals surface area contributed by atoms with Crippen LogP contribution in [0.4, 0.5) is 0 Å². The van der Waals surface area contributed by atoms with E-state index in [2.05, 4.69) is 0 Å². The molecule has 0 saturated heterocycles. The lowest BCUT2D eigenvalue weighted by Crippen LogP contribution is -1.65. The van der Waals surface area contributed by atoms with Crippen molar-refractivity contribution in [2.75, 3.05) is 0 Å². The summed E-state index contributed by atoms with van der Waals surface area (Å²) in [7, 11) is 0. The molecule has 46 valence electrons. The van der Waals surface area contributed by atoms with Gasteiger partial charge in [-0.25, -0.2) is 0 Å². The van der Waals surface area contributed by atoms with Gasteiger partial charge in [0.15, 0.2) is 0 Å². The maximum absolute atomic E-state index is 7.46. The van der Waals surface area contributed by atoms with Crippen LogP contribution in [0, 0.1) is 0 Å². The van der Waals surface area contributed by atoms with Crippen LogP contribution in [0.25, 0.3) is 6.05 Å². The van der Waals surface area contributed by atoms with Crippen molar-refractivity contribution in [1.29, 1.82) is 0 Å². The largest absolute Gasteiger partial charge is 0.0871 e. The molecule has 0 heterocycles. The summed E-state index contributed by atoms with van der Waals surface area (Å²) in [5.74, 6) is 0. The van der Waals surface area contributed by atoms with Gasteiger partial charge >= 0.3 is 0 Å². The zero-order valence-electron chi connectivity index (χ0n) is 7.39. The molecule has 1 aromatic carbocycles. The third-order valence-corrected chi connectivity index (χ3v) is 1.04. The van der Waals surface area contributed by atoms with Crippen LogP contribution in [0.2, 0.25) is 0 Å². The second kappa shape index (κ2) is 3.08. The van der Waals surface area contributed by atoms with Gasteiger partial charge in [0.05, 0.1) is 2.74 Å². The van der Waals surface area contributed by atoms with Gasteiger partial charge in [0.1, 0.15) is 0 Å². The first-order valence-electron chi connectivity index (χ1n) is 3.91. The summed E-state index contributed by atoms with van der Waals surface area (Å²) >= 11 is 0. The molecule has 0 saturated carbocycles. The van der Waals surface area contributed by atoms with Crippen LogP contribution in [0.1, 0.15) is 15.2 Å². The summed E-state index contributed by atoms with van der Waals surface area (Å²) in [4.78, 5) is 0. The van der Waals surface area contributed by atoms with Crippen LogP contribution in [0.15, 0.2) is 36.4 Å². The fourth-order valence-electron chi connectivity index (χ4n) is 0.666. The molecular weight excluding hydrogens is 108 g/mol. The minimum atomic E-state index is 0.297. The van der Waals surface area contributed by atoms with Crippen molar-refractivity contribution < 1.29 is 2.74 Å². The highest BCUT2D eigenvalue weighted by Crippen LogP contribution is 1.99. The van der Waals surface area contributed by atoms with E-state index in [1.807, 2.05) is 30.3 Å². The molecule has 0 aliphatic carbocycles. The van der Waals surface area contributed by atoms with Gasteiger partial charge in [0, 0.05) is 0 Å². The summed E-state index contributed by atoms with van der Waals surface area (Å²) in [6.45, 7) is 1.62. The molecule has 0 atom stereocenters. The van der Waals surface area contributed by atoms with Crippen molar-refractivity contribution in [2.24, 2.45) is 0 Å². The molecule has 1 rings (SSSR count). The van der Waals surface area contributed by atoms with Gasteiger partial charge in [-0.3, -0.25) is 0 Å². The fourth-order valence-corrected chi connectivity index (χ4v) is 0.666. The first kappa shape index (κ1) is 3.89. The molecule has 0 unspecified atom stereocenters. The van der Waals surface area contributed by atoms with Crippen molar-refractivity contribution in [3.8, 4) is 0 Å². The minimum Gasteiger partial charge on any atom is -0.0871 e. The van der Waals surface area contributed by atoms with Gasteiger partial charge in [-0.05, 0) is 12.5 Å². The third kappa shape index (κ3) is 1.73. The molecule has 0 fully saturated rings. The van der Waals surface area contributed by atoms with Gasteiger partial charge in [0.2, 0.25) is 0 Å². The highest BCUT2D eigenvalue weighted by Gasteiger charge is 1.77. The molecule has 0 radical (unpaired) electrons. The number of hydrogen-bond acceptors (Lipinski definition) is 0. The zero-order chi connectivity index (χ0) is 8.27. The number of rotatable bonds is 1. The Bertz CT molecular complexity index is 258. The number of allylic oxidation sites excluding steroid dienone is 1. The Kier molecular flexibility index (Phi) is 1.33. The van der Waals surface area contributed by atoms with E-state index < -0.39 is 0 Å². The monoisotopic (exact) mass is 120 g/mol. The second-order valence-corrected chi connectivity index (χ2v) is 1.74. The lowest BCUT2D eigenvalue weighted by Gasteiger charge is -1.86. The van der Waals surface area contributed by atoms with Gasteiger partial charge < -0.3 is 0 Å². The van der Waals surface area contributed by atoms with Crippen molar-refractivity contribution in [3.63, 3.8) is 0 Å². The second-order valence-electron chi connectivity index (χ2n) is 1.74. The lowest BCUT2D eigenvalue weighted by molar-refractivity contribution is 1.64. The van der Waals surface area contributed by atoms with Crippen LogP contribution < -0.4 is 0 Å². The fraction of sp³-hybridized carbons (Fsp3) is 0.111. The molecule has 0 spiro atoms. The maximum atomic E-state index is 7.46. The molecule has 1 aromatic rings. The normalized spacial score (nSPS) is 15.7. The highest BCUT2D eigenvalue weighted by molar-refractivity contribution is 5.47. The van der Waals surface area contributed by atoms with Crippen LogP contribution in [0.3, 0.4) is 0 Å². The molecule has 0 heteroatoms. The highest BCUT2D eigenvalue weighted by atomic mass is 13.8. The molecule has 9 heavy (non-hydrogen) atoms. The molecule has 0 aliphatic rings. The quantitative estimate of drug-likeness (QED) is 0.534. The molecule has 0 bridgehead atoms. The Balaban J connectivity index is 3.04. The van der Waals surface area contributed by atoms with Gasteiger partial charge in [0.25, 0.3) is 0 Å². The average Bonchev–Trinajstić information content (AvgIpc) is 2.05. The van der Waals surface area contributed by atoms with Crippen LogP contribution in [-0.2, 0) is 0 Å². The minimum absolute atomic E-state index is 0.297. The van der Waals surface area contributed by atoms with E-state index in [0.717, 1.165) is 5.56 Å². The van der Waals surface area contributed by atoms with Crippen molar-refractivity contribution in [2.45, 2.75) is 6.92 Å². The smallest absolute Gasteiger partial charge is 0.0626 e. The van der Waals surface area contributed by atoms with E-state index in [-0.39, 0.29) is 0 Å². The summed E-state index contributed by atoms with van der Waals surface area (Å²) < 4.78 is 14.7. The Morgan fingerprint density at radius 3 is 2.56 bits per heavy atom. The summed E-state index contributed by atoms with van der Waals surface area (Å²) in [5.41, 5.74) is 0.806. The molecular formula is C9H10. The van der Waals surface area contributed by atoms with E-state index in [0.29, 0.717) is 12.1 Å². The van der Waals surface area contributed by atoms with Crippen molar-refractivity contribution in [1.82, 2.24) is 0 Å². The van der Waals surface area contributed by atoms with Crippen LogP contribution >= 0.6 is 0 Å². The van der Waals surface area contributed by atoms with Crippen LogP contribution in [-0.4, -0.2) is 0 Å². The number of hydrogen-bond donors (Lipinski definition) is 0. The van der Waals surface area contributed by atoms with Crippen molar-refractivity contribution >= 4 is 6.05 Å². The van der Waals surface area contributed by atoms with E-state index >= 15 is 0 Å².